The van der Waals surface area contributed by atoms with Crippen LogP contribution in [0.5, 0.6) is 0 Å². The number of hydrogen-bond donors (Lipinski definition) is 1. The van der Waals surface area contributed by atoms with E-state index in [1.54, 1.807) is 0 Å². The minimum atomic E-state index is 0.385. The van der Waals surface area contributed by atoms with Crippen LogP contribution < -0.4 is 10.2 Å². The molecule has 1 N–H and O–H groups in total. The molecule has 5 rings (SSSR count). The van der Waals surface area contributed by atoms with Gasteiger partial charge in [0.15, 0.2) is 0 Å². The van der Waals surface area contributed by atoms with Crippen molar-refractivity contribution in [2.24, 2.45) is 0 Å². The van der Waals surface area contributed by atoms with Crippen molar-refractivity contribution in [1.82, 2.24) is 19.8 Å². The fourth-order valence-corrected chi connectivity index (χ4v) is 6.43. The quantitative estimate of drug-likeness (QED) is 0.318. The fraction of sp³-hybridized carbons (Fsp3) is 0.457. The summed E-state index contributed by atoms with van der Waals surface area (Å²) >= 11 is 0. The minimum Gasteiger partial charge on any atom is -0.359 e. The van der Waals surface area contributed by atoms with Crippen LogP contribution in [0.1, 0.15) is 71.6 Å². The van der Waals surface area contributed by atoms with Crippen molar-refractivity contribution in [2.45, 2.75) is 79.8 Å². The standard InChI is InChI=1S/C35H47N5/c1-9-10-28-17-26(7)37-27(8)32(28)19-31-18-30(20-33-35(31)25(6)22-40(33)24(4)5)29-11-12-34(36-21-29)39-15-13-38(14-16-39)23(2)3/h11-12,17-18,20-24,37H,8-10,13-16,19H2,1-7H3. The van der Waals surface area contributed by atoms with Gasteiger partial charge in [0, 0.05) is 84.9 Å². The number of hydrogen-bond acceptors (Lipinski definition) is 4. The number of nitrogens with one attached hydrogen (secondary N) is 1. The topological polar surface area (TPSA) is 36.3 Å². The SMILES string of the molecule is C=C1NC(C)=CC(CCC)=C1Cc1cc(-c2ccc(N3CCN(C(C)C)CC3)nc2)cc2c1c(C)cn2C(C)C. The Bertz CT molecular complexity index is 1440. The first-order chi connectivity index (χ1) is 19.2. The minimum absolute atomic E-state index is 0.385. The highest BCUT2D eigenvalue weighted by Crippen LogP contribution is 2.36. The van der Waals surface area contributed by atoms with Gasteiger partial charge in [0.25, 0.3) is 0 Å². The fourth-order valence-electron chi connectivity index (χ4n) is 6.43. The van der Waals surface area contributed by atoms with Crippen LogP contribution in [-0.2, 0) is 6.42 Å². The molecule has 5 nitrogen and oxygen atoms in total. The molecule has 2 aromatic heterocycles. The van der Waals surface area contributed by atoms with Gasteiger partial charge in [-0.25, -0.2) is 4.98 Å². The highest BCUT2D eigenvalue weighted by molar-refractivity contribution is 5.92. The van der Waals surface area contributed by atoms with Crippen molar-refractivity contribution in [1.29, 1.82) is 0 Å². The largest absolute Gasteiger partial charge is 0.359 e. The van der Waals surface area contributed by atoms with E-state index < -0.39 is 0 Å². The van der Waals surface area contributed by atoms with Crippen LogP contribution in [-0.4, -0.2) is 46.7 Å². The predicted octanol–water partition coefficient (Wildman–Crippen LogP) is 7.78. The van der Waals surface area contributed by atoms with E-state index in [1.165, 1.54) is 50.0 Å². The van der Waals surface area contributed by atoms with Crippen molar-refractivity contribution in [2.75, 3.05) is 31.1 Å². The van der Waals surface area contributed by atoms with E-state index in [4.69, 9.17) is 4.98 Å². The summed E-state index contributed by atoms with van der Waals surface area (Å²) in [6, 6.07) is 10.2. The van der Waals surface area contributed by atoms with Gasteiger partial charge in [-0.3, -0.25) is 4.90 Å². The third kappa shape index (κ3) is 5.62. The average molecular weight is 538 g/mol. The smallest absolute Gasteiger partial charge is 0.128 e. The molecule has 0 bridgehead atoms. The second kappa shape index (κ2) is 11.7. The van der Waals surface area contributed by atoms with Crippen LogP contribution in [0.4, 0.5) is 5.82 Å². The molecule has 212 valence electrons. The van der Waals surface area contributed by atoms with Crippen LogP contribution in [0.3, 0.4) is 0 Å². The van der Waals surface area contributed by atoms with Gasteiger partial charge in [-0.15, -0.1) is 0 Å². The summed E-state index contributed by atoms with van der Waals surface area (Å²) in [4.78, 5) is 9.92. The first-order valence-electron chi connectivity index (χ1n) is 15.1. The lowest BCUT2D eigenvalue weighted by atomic mass is 9.89. The molecule has 40 heavy (non-hydrogen) atoms. The number of aromatic nitrogens is 2. The van der Waals surface area contributed by atoms with Gasteiger partial charge in [0.05, 0.1) is 0 Å². The Hall–Kier alpha value is -3.31. The number of benzene rings is 1. The summed E-state index contributed by atoms with van der Waals surface area (Å²) in [5, 5.41) is 4.87. The zero-order valence-electron chi connectivity index (χ0n) is 25.6. The van der Waals surface area contributed by atoms with Gasteiger partial charge >= 0.3 is 0 Å². The molecule has 1 fully saturated rings. The third-order valence-corrected chi connectivity index (χ3v) is 8.59. The summed E-state index contributed by atoms with van der Waals surface area (Å²) in [6.45, 7) is 24.4. The van der Waals surface area contributed by atoms with Gasteiger partial charge in [-0.2, -0.15) is 0 Å². The lowest BCUT2D eigenvalue weighted by Gasteiger charge is -2.37. The van der Waals surface area contributed by atoms with E-state index in [2.05, 4.69) is 117 Å². The molecule has 4 heterocycles. The van der Waals surface area contributed by atoms with E-state index in [9.17, 15) is 0 Å². The van der Waals surface area contributed by atoms with Crippen molar-refractivity contribution >= 4 is 16.7 Å². The third-order valence-electron chi connectivity index (χ3n) is 8.59. The zero-order chi connectivity index (χ0) is 28.6. The monoisotopic (exact) mass is 537 g/mol. The average Bonchev–Trinajstić information content (AvgIpc) is 3.27. The molecule has 0 saturated carbocycles. The Morgan fingerprint density at radius 1 is 0.975 bits per heavy atom. The van der Waals surface area contributed by atoms with Crippen LogP contribution in [0.15, 0.2) is 71.9 Å². The first-order valence-corrected chi connectivity index (χ1v) is 15.1. The Morgan fingerprint density at radius 3 is 2.35 bits per heavy atom. The van der Waals surface area contributed by atoms with E-state index in [-0.39, 0.29) is 0 Å². The van der Waals surface area contributed by atoms with Crippen LogP contribution in [0, 0.1) is 6.92 Å². The molecule has 0 amide bonds. The van der Waals surface area contributed by atoms with Crippen molar-refractivity contribution in [3.8, 4) is 11.1 Å². The lowest BCUT2D eigenvalue weighted by molar-refractivity contribution is 0.209. The van der Waals surface area contributed by atoms with E-state index in [0.717, 1.165) is 57.0 Å². The van der Waals surface area contributed by atoms with Crippen LogP contribution >= 0.6 is 0 Å². The van der Waals surface area contributed by atoms with Crippen LogP contribution in [0.25, 0.3) is 22.0 Å². The van der Waals surface area contributed by atoms with Gasteiger partial charge in [0.2, 0.25) is 0 Å². The first kappa shape index (κ1) is 28.2. The van der Waals surface area contributed by atoms with Gasteiger partial charge in [-0.1, -0.05) is 26.0 Å². The molecule has 0 unspecified atom stereocenters. The lowest BCUT2D eigenvalue weighted by Crippen LogP contribution is -2.49. The molecule has 1 saturated heterocycles. The Balaban J connectivity index is 1.54. The second-order valence-electron chi connectivity index (χ2n) is 12.2. The molecular formula is C35H47N5. The molecule has 1 aromatic carbocycles. The maximum atomic E-state index is 4.95. The number of dihydropyridines is 1. The van der Waals surface area contributed by atoms with E-state index >= 15 is 0 Å². The Kier molecular flexibility index (Phi) is 8.23. The molecule has 3 aromatic rings. The summed E-state index contributed by atoms with van der Waals surface area (Å²) in [5.74, 6) is 1.08. The highest BCUT2D eigenvalue weighted by atomic mass is 15.3. The number of aryl methyl sites for hydroxylation is 1. The predicted molar refractivity (Wildman–Crippen MR) is 171 cm³/mol. The van der Waals surface area contributed by atoms with Gasteiger partial charge in [0.1, 0.15) is 5.82 Å². The zero-order valence-corrected chi connectivity index (χ0v) is 25.6. The number of allylic oxidation sites excluding steroid dienone is 4. The summed E-state index contributed by atoms with van der Waals surface area (Å²) < 4.78 is 2.42. The number of fused-ring (bicyclic) bond motifs is 1. The van der Waals surface area contributed by atoms with Crippen molar-refractivity contribution in [3.05, 3.63) is 83.0 Å². The van der Waals surface area contributed by atoms with E-state index in [1.807, 2.05) is 0 Å². The molecule has 0 spiro atoms. The van der Waals surface area contributed by atoms with Gasteiger partial charge < -0.3 is 14.8 Å². The Morgan fingerprint density at radius 2 is 1.73 bits per heavy atom. The van der Waals surface area contributed by atoms with Crippen molar-refractivity contribution in [3.63, 3.8) is 0 Å². The number of pyridine rings is 1. The van der Waals surface area contributed by atoms with Gasteiger partial charge in [-0.05, 0) is 100 Å². The molecule has 5 heteroatoms. The van der Waals surface area contributed by atoms with Crippen molar-refractivity contribution < 1.29 is 0 Å². The highest BCUT2D eigenvalue weighted by Gasteiger charge is 2.21. The second-order valence-corrected chi connectivity index (χ2v) is 12.2. The molecule has 0 radical (unpaired) electrons. The van der Waals surface area contributed by atoms with E-state index in [0.29, 0.717) is 12.1 Å². The number of piperazine rings is 1. The number of rotatable bonds is 8. The maximum absolute atomic E-state index is 4.95. The normalized spacial score (nSPS) is 16.9. The molecular weight excluding hydrogens is 490 g/mol. The molecule has 0 atom stereocenters. The van der Waals surface area contributed by atoms with Crippen LogP contribution in [0.2, 0.25) is 0 Å². The Labute approximate surface area is 241 Å². The summed E-state index contributed by atoms with van der Waals surface area (Å²) in [5.41, 5.74) is 11.3. The number of nitrogens with zero attached hydrogens (tertiary/aromatic N) is 4. The summed E-state index contributed by atoms with van der Waals surface area (Å²) in [7, 11) is 0. The number of anilines is 1. The molecule has 2 aliphatic heterocycles. The molecule has 2 aliphatic rings. The molecule has 0 aliphatic carbocycles. The summed E-state index contributed by atoms with van der Waals surface area (Å²) in [6.07, 6.45) is 9.76. The maximum Gasteiger partial charge on any atom is 0.128 e.